The first kappa shape index (κ1) is 19.6. The molecule has 0 spiro atoms. The van der Waals surface area contributed by atoms with Crippen LogP contribution in [0.5, 0.6) is 17.2 Å². The predicted octanol–water partition coefficient (Wildman–Crippen LogP) is 4.02. The van der Waals surface area contributed by atoms with Crippen molar-refractivity contribution in [1.29, 1.82) is 0 Å². The van der Waals surface area contributed by atoms with Gasteiger partial charge in [-0.2, -0.15) is 0 Å². The molecule has 1 N–H and O–H groups in total. The Morgan fingerprint density at radius 3 is 2.76 bits per heavy atom. The number of nitrogens with one attached hydrogen (secondary N) is 1. The zero-order valence-electron chi connectivity index (χ0n) is 17.0. The van der Waals surface area contributed by atoms with E-state index in [9.17, 15) is 4.79 Å². The summed E-state index contributed by atoms with van der Waals surface area (Å²) < 4.78 is 17.0. The molecule has 2 aliphatic rings. The molecule has 6 nitrogen and oxygen atoms in total. The highest BCUT2D eigenvalue weighted by molar-refractivity contribution is 5.95. The molecule has 4 rings (SSSR count). The molecule has 1 saturated heterocycles. The summed E-state index contributed by atoms with van der Waals surface area (Å²) in [5.74, 6) is 2.24. The zero-order valence-corrected chi connectivity index (χ0v) is 17.0. The fraction of sp³-hybridized carbons (Fsp3) is 0.435. The highest BCUT2D eigenvalue weighted by Gasteiger charge is 2.33. The third-order valence-corrected chi connectivity index (χ3v) is 5.69. The SMILES string of the molecule is COc1ccccc1NC(=O)[C@H](C)N1CCC[C@@H]1c1ccc2c(c1)OCCCO2. The Morgan fingerprint density at radius 1 is 1.14 bits per heavy atom. The number of benzene rings is 2. The van der Waals surface area contributed by atoms with E-state index >= 15 is 0 Å². The van der Waals surface area contributed by atoms with Crippen LogP contribution in [0.3, 0.4) is 0 Å². The first-order valence-electron chi connectivity index (χ1n) is 10.3. The number of hydrogen-bond acceptors (Lipinski definition) is 5. The number of nitrogens with zero attached hydrogens (tertiary/aromatic N) is 1. The van der Waals surface area contributed by atoms with Crippen molar-refractivity contribution in [3.05, 3.63) is 48.0 Å². The molecule has 2 aromatic rings. The number of hydrogen-bond donors (Lipinski definition) is 1. The van der Waals surface area contributed by atoms with Crippen LogP contribution in [0.25, 0.3) is 0 Å². The first-order valence-corrected chi connectivity index (χ1v) is 10.3. The Kier molecular flexibility index (Phi) is 5.90. The molecule has 2 heterocycles. The van der Waals surface area contributed by atoms with Gasteiger partial charge in [-0.1, -0.05) is 18.2 Å². The minimum Gasteiger partial charge on any atom is -0.495 e. The number of fused-ring (bicyclic) bond motifs is 1. The molecule has 2 aromatic carbocycles. The Balaban J connectivity index is 1.50. The van der Waals surface area contributed by atoms with E-state index in [-0.39, 0.29) is 18.0 Å². The summed E-state index contributed by atoms with van der Waals surface area (Å²) in [6.07, 6.45) is 2.97. The summed E-state index contributed by atoms with van der Waals surface area (Å²) >= 11 is 0. The minimum atomic E-state index is -0.261. The Morgan fingerprint density at radius 2 is 1.93 bits per heavy atom. The maximum absolute atomic E-state index is 13.0. The van der Waals surface area contributed by atoms with Crippen LogP contribution in [0.1, 0.15) is 37.8 Å². The van der Waals surface area contributed by atoms with Crippen LogP contribution < -0.4 is 19.5 Å². The minimum absolute atomic E-state index is 0.0317. The van der Waals surface area contributed by atoms with Crippen LogP contribution in [0.15, 0.2) is 42.5 Å². The van der Waals surface area contributed by atoms with Crippen molar-refractivity contribution < 1.29 is 19.0 Å². The number of methoxy groups -OCH3 is 1. The van der Waals surface area contributed by atoms with Crippen LogP contribution in [0, 0.1) is 0 Å². The molecule has 154 valence electrons. The maximum atomic E-state index is 13.0. The third-order valence-electron chi connectivity index (χ3n) is 5.69. The molecular weight excluding hydrogens is 368 g/mol. The van der Waals surface area contributed by atoms with E-state index in [0.29, 0.717) is 24.7 Å². The van der Waals surface area contributed by atoms with Gasteiger partial charge in [0.05, 0.1) is 32.1 Å². The van der Waals surface area contributed by atoms with Crippen molar-refractivity contribution in [2.45, 2.75) is 38.3 Å². The molecule has 1 fully saturated rings. The summed E-state index contributed by atoms with van der Waals surface area (Å²) in [5.41, 5.74) is 1.86. The smallest absolute Gasteiger partial charge is 0.241 e. The number of rotatable bonds is 5. The Labute approximate surface area is 171 Å². The topological polar surface area (TPSA) is 60.0 Å². The van der Waals surface area contributed by atoms with Gasteiger partial charge in [0.2, 0.25) is 5.91 Å². The van der Waals surface area contributed by atoms with Crippen LogP contribution >= 0.6 is 0 Å². The van der Waals surface area contributed by atoms with Gasteiger partial charge in [-0.05, 0) is 56.1 Å². The fourth-order valence-corrected chi connectivity index (χ4v) is 4.13. The van der Waals surface area contributed by atoms with Crippen LogP contribution in [-0.4, -0.2) is 43.7 Å². The Bertz CT molecular complexity index is 870. The van der Waals surface area contributed by atoms with E-state index in [1.165, 1.54) is 5.56 Å². The number of amides is 1. The second-order valence-corrected chi connectivity index (χ2v) is 7.52. The van der Waals surface area contributed by atoms with Crippen LogP contribution in [-0.2, 0) is 4.79 Å². The van der Waals surface area contributed by atoms with Crippen molar-refractivity contribution in [1.82, 2.24) is 4.90 Å². The van der Waals surface area contributed by atoms with Gasteiger partial charge in [-0.15, -0.1) is 0 Å². The van der Waals surface area contributed by atoms with E-state index in [2.05, 4.69) is 22.3 Å². The van der Waals surface area contributed by atoms with Crippen LogP contribution in [0.2, 0.25) is 0 Å². The molecular formula is C23H28N2O4. The lowest BCUT2D eigenvalue weighted by molar-refractivity contribution is -0.121. The maximum Gasteiger partial charge on any atom is 0.241 e. The lowest BCUT2D eigenvalue weighted by atomic mass is 10.0. The van der Waals surface area contributed by atoms with Crippen molar-refractivity contribution >= 4 is 11.6 Å². The highest BCUT2D eigenvalue weighted by atomic mass is 16.5. The van der Waals surface area contributed by atoms with Gasteiger partial charge in [0.1, 0.15) is 5.75 Å². The van der Waals surface area contributed by atoms with Gasteiger partial charge in [0.25, 0.3) is 0 Å². The molecule has 2 atom stereocenters. The number of carbonyl (C=O) groups excluding carboxylic acids is 1. The second-order valence-electron chi connectivity index (χ2n) is 7.52. The zero-order chi connectivity index (χ0) is 20.2. The van der Waals surface area contributed by atoms with Crippen molar-refractivity contribution in [3.8, 4) is 17.2 Å². The van der Waals surface area contributed by atoms with Gasteiger partial charge in [-0.3, -0.25) is 9.69 Å². The second kappa shape index (κ2) is 8.74. The van der Waals surface area contributed by atoms with Gasteiger partial charge >= 0.3 is 0 Å². The van der Waals surface area contributed by atoms with Crippen molar-refractivity contribution in [2.75, 3.05) is 32.2 Å². The van der Waals surface area contributed by atoms with Gasteiger partial charge in [-0.25, -0.2) is 0 Å². The molecule has 1 amide bonds. The predicted molar refractivity (Wildman–Crippen MR) is 112 cm³/mol. The lowest BCUT2D eigenvalue weighted by Gasteiger charge is -2.30. The highest BCUT2D eigenvalue weighted by Crippen LogP contribution is 2.39. The summed E-state index contributed by atoms with van der Waals surface area (Å²) in [7, 11) is 1.61. The first-order chi connectivity index (χ1) is 14.2. The molecule has 6 heteroatoms. The van der Waals surface area contributed by atoms with E-state index in [1.54, 1.807) is 7.11 Å². The molecule has 0 radical (unpaired) electrons. The number of ether oxygens (including phenoxy) is 3. The molecule has 0 aromatic heterocycles. The standard InChI is InChI=1S/C23H28N2O4/c1-16(23(26)24-18-7-3-4-9-20(18)27-2)25-12-5-8-19(25)17-10-11-21-22(15-17)29-14-6-13-28-21/h3-4,7,9-11,15-16,19H,5-6,8,12-14H2,1-2H3,(H,24,26)/t16-,19+/m0/s1. The van der Waals surface area contributed by atoms with Crippen LogP contribution in [0.4, 0.5) is 5.69 Å². The van der Waals surface area contributed by atoms with E-state index < -0.39 is 0 Å². The molecule has 0 saturated carbocycles. The number of likely N-dealkylation sites (tertiary alicyclic amines) is 1. The number of anilines is 1. The Hall–Kier alpha value is -2.73. The molecule has 0 aliphatic carbocycles. The molecule has 29 heavy (non-hydrogen) atoms. The summed E-state index contributed by atoms with van der Waals surface area (Å²) in [5, 5.41) is 3.02. The van der Waals surface area contributed by atoms with Gasteiger partial charge in [0.15, 0.2) is 11.5 Å². The molecule has 2 aliphatic heterocycles. The fourth-order valence-electron chi connectivity index (χ4n) is 4.13. The summed E-state index contributed by atoms with van der Waals surface area (Å²) in [6.45, 7) is 4.20. The number of para-hydroxylation sites is 2. The lowest BCUT2D eigenvalue weighted by Crippen LogP contribution is -2.41. The largest absolute Gasteiger partial charge is 0.495 e. The molecule has 0 unspecified atom stereocenters. The quantitative estimate of drug-likeness (QED) is 0.827. The molecule has 0 bridgehead atoms. The average molecular weight is 396 g/mol. The monoisotopic (exact) mass is 396 g/mol. The van der Waals surface area contributed by atoms with E-state index in [4.69, 9.17) is 14.2 Å². The average Bonchev–Trinajstić information content (AvgIpc) is 3.12. The van der Waals surface area contributed by atoms with Gasteiger partial charge < -0.3 is 19.5 Å². The third kappa shape index (κ3) is 4.17. The summed E-state index contributed by atoms with van der Waals surface area (Å²) in [4.78, 5) is 15.2. The van der Waals surface area contributed by atoms with E-state index in [0.717, 1.165) is 37.3 Å². The van der Waals surface area contributed by atoms with Crippen molar-refractivity contribution in [2.24, 2.45) is 0 Å². The van der Waals surface area contributed by atoms with Crippen molar-refractivity contribution in [3.63, 3.8) is 0 Å². The number of carbonyl (C=O) groups is 1. The van der Waals surface area contributed by atoms with E-state index in [1.807, 2.05) is 37.3 Å². The van der Waals surface area contributed by atoms with Gasteiger partial charge in [0, 0.05) is 12.5 Å². The summed E-state index contributed by atoms with van der Waals surface area (Å²) in [6, 6.07) is 13.6. The normalized spacial score (nSPS) is 20.0.